The number of fused-ring (bicyclic) bond motifs is 2. The van der Waals surface area contributed by atoms with Gasteiger partial charge in [0.05, 0.1) is 18.2 Å². The fourth-order valence-electron chi connectivity index (χ4n) is 4.93. The van der Waals surface area contributed by atoms with E-state index in [4.69, 9.17) is 9.15 Å². The Morgan fingerprint density at radius 2 is 2.09 bits per heavy atom. The van der Waals surface area contributed by atoms with Crippen molar-refractivity contribution in [2.45, 2.75) is 52.9 Å². The summed E-state index contributed by atoms with van der Waals surface area (Å²) in [5, 5.41) is 4.34. The zero-order valence-corrected chi connectivity index (χ0v) is 18.9. The maximum atomic E-state index is 13.9. The molecule has 0 aliphatic heterocycles. The molecule has 176 valence electrons. The highest BCUT2D eigenvalue weighted by Gasteiger charge is 2.60. The molecule has 2 atom stereocenters. The number of aryl methyl sites for hydroxylation is 1. The predicted octanol–water partition coefficient (Wildman–Crippen LogP) is 4.41. The Labute approximate surface area is 190 Å². The number of hydrogen-bond donors (Lipinski definition) is 1. The first-order valence-electron chi connectivity index (χ1n) is 11.0. The lowest BCUT2D eigenvalue weighted by molar-refractivity contribution is -0.148. The molecule has 7 nitrogen and oxygen atoms in total. The van der Waals surface area contributed by atoms with Crippen LogP contribution >= 0.6 is 0 Å². The fourth-order valence-corrected chi connectivity index (χ4v) is 4.93. The zero-order chi connectivity index (χ0) is 23.8. The smallest absolute Gasteiger partial charge is 0.306 e. The van der Waals surface area contributed by atoms with E-state index in [2.05, 4.69) is 36.3 Å². The first-order chi connectivity index (χ1) is 15.6. The van der Waals surface area contributed by atoms with Crippen molar-refractivity contribution < 1.29 is 27.5 Å². The Morgan fingerprint density at radius 3 is 2.76 bits per heavy atom. The number of esters is 1. The second-order valence-electron chi connectivity index (χ2n) is 9.49. The minimum atomic E-state index is -0.769. The van der Waals surface area contributed by atoms with Gasteiger partial charge in [-0.25, -0.2) is 19.2 Å². The third kappa shape index (κ3) is 4.41. The van der Waals surface area contributed by atoms with E-state index in [1.54, 1.807) is 0 Å². The molecule has 0 radical (unpaired) electrons. The summed E-state index contributed by atoms with van der Waals surface area (Å²) < 4.78 is 37.3. The molecule has 0 saturated heterocycles. The maximum absolute atomic E-state index is 13.9. The number of aromatic nitrogens is 1. The second kappa shape index (κ2) is 8.68. The summed E-state index contributed by atoms with van der Waals surface area (Å²) in [4.78, 5) is 28.1. The van der Waals surface area contributed by atoms with Crippen LogP contribution in [0.3, 0.4) is 0 Å². The summed E-state index contributed by atoms with van der Waals surface area (Å²) >= 11 is 0. The van der Waals surface area contributed by atoms with E-state index in [0.717, 1.165) is 30.7 Å². The molecule has 1 heterocycles. The molecule has 4 rings (SSSR count). The van der Waals surface area contributed by atoms with Crippen molar-refractivity contribution in [2.75, 3.05) is 6.61 Å². The highest BCUT2D eigenvalue weighted by molar-refractivity contribution is 5.95. The van der Waals surface area contributed by atoms with Crippen LogP contribution < -0.4 is 5.43 Å². The Kier molecular flexibility index (Phi) is 6.07. The summed E-state index contributed by atoms with van der Waals surface area (Å²) in [5.41, 5.74) is 3.72. The van der Waals surface area contributed by atoms with Crippen LogP contribution in [-0.2, 0) is 20.7 Å². The average Bonchev–Trinajstić information content (AvgIpc) is 3.37. The second-order valence-corrected chi connectivity index (χ2v) is 9.49. The van der Waals surface area contributed by atoms with Gasteiger partial charge in [-0.1, -0.05) is 20.8 Å². The number of hydrogen-bond acceptors (Lipinski definition) is 6. The molecule has 33 heavy (non-hydrogen) atoms. The Morgan fingerprint density at radius 1 is 1.30 bits per heavy atom. The van der Waals surface area contributed by atoms with E-state index in [1.807, 2.05) is 0 Å². The molecule has 9 heteroatoms. The highest BCUT2D eigenvalue weighted by Crippen LogP contribution is 2.63. The molecule has 2 unspecified atom stereocenters. The molecule has 2 aliphatic rings. The van der Waals surface area contributed by atoms with Crippen LogP contribution in [0.4, 0.5) is 8.78 Å². The summed E-state index contributed by atoms with van der Waals surface area (Å²) in [6, 6.07) is 3.12. The first-order valence-corrected chi connectivity index (χ1v) is 11.0. The molecule has 1 N–H and O–H groups in total. The Hall–Kier alpha value is -3.10. The van der Waals surface area contributed by atoms with Gasteiger partial charge in [-0.3, -0.25) is 9.59 Å². The van der Waals surface area contributed by atoms with Crippen molar-refractivity contribution in [2.24, 2.45) is 21.8 Å². The van der Waals surface area contributed by atoms with Crippen molar-refractivity contribution >= 4 is 17.6 Å². The lowest BCUT2D eigenvalue weighted by atomic mass is 9.70. The number of nitrogens with zero attached hydrogens (tertiary/aromatic N) is 2. The molecular weight excluding hydrogens is 432 g/mol. The summed E-state index contributed by atoms with van der Waals surface area (Å²) in [5.74, 6) is -1.65. The van der Waals surface area contributed by atoms with E-state index in [0.29, 0.717) is 5.92 Å². The fraction of sp³-hybridized carbons (Fsp3) is 0.500. The van der Waals surface area contributed by atoms with E-state index in [9.17, 15) is 18.4 Å². The molecule has 2 bridgehead atoms. The number of carbonyl (C=O) groups excluding carboxylic acids is 2. The molecular formula is C24H27F2N3O4. The highest BCUT2D eigenvalue weighted by atomic mass is 19.1. The summed E-state index contributed by atoms with van der Waals surface area (Å²) in [7, 11) is 0. The number of ether oxygens (including phenoxy) is 1. The van der Waals surface area contributed by atoms with E-state index in [-0.39, 0.29) is 40.9 Å². The SMILES string of the molecule is CC12CCC(C/C1=N/NC(=O)COC(=O)CCc1ncc(-c3ccc(F)cc3F)o1)C2(C)C. The van der Waals surface area contributed by atoms with Gasteiger partial charge >= 0.3 is 5.97 Å². The first kappa shape index (κ1) is 23.1. The molecule has 0 spiro atoms. The topological polar surface area (TPSA) is 93.8 Å². The van der Waals surface area contributed by atoms with E-state index < -0.39 is 30.1 Å². The van der Waals surface area contributed by atoms with Gasteiger partial charge in [0, 0.05) is 23.6 Å². The maximum Gasteiger partial charge on any atom is 0.306 e. The quantitative estimate of drug-likeness (QED) is 0.489. The van der Waals surface area contributed by atoms with Crippen molar-refractivity contribution in [3.63, 3.8) is 0 Å². The monoisotopic (exact) mass is 459 g/mol. The van der Waals surface area contributed by atoms with Crippen molar-refractivity contribution in [1.29, 1.82) is 0 Å². The van der Waals surface area contributed by atoms with Crippen LogP contribution in [0.15, 0.2) is 33.9 Å². The standard InChI is InChI=1S/C24H27F2N3O4/c1-23(2)14-8-9-24(23,3)19(10-14)28-29-20(30)13-32-22(31)7-6-21-27-12-18(33-21)16-5-4-15(25)11-17(16)26/h4-5,11-12,14H,6-10,13H2,1-3H3,(H,29,30)/b28-19-. The van der Waals surface area contributed by atoms with Gasteiger partial charge in [0.1, 0.15) is 11.6 Å². The third-order valence-electron chi connectivity index (χ3n) is 7.49. The average molecular weight is 459 g/mol. The van der Waals surface area contributed by atoms with Gasteiger partial charge in [0.15, 0.2) is 18.3 Å². The van der Waals surface area contributed by atoms with Crippen molar-refractivity contribution in [3.05, 3.63) is 41.9 Å². The molecule has 1 aromatic carbocycles. The van der Waals surface area contributed by atoms with Gasteiger partial charge in [-0.05, 0) is 42.7 Å². The van der Waals surface area contributed by atoms with Gasteiger partial charge in [0.2, 0.25) is 0 Å². The normalized spacial score (nSPS) is 24.3. The van der Waals surface area contributed by atoms with E-state index in [1.165, 1.54) is 18.7 Å². The van der Waals surface area contributed by atoms with Crippen LogP contribution in [0.2, 0.25) is 0 Å². The lowest BCUT2D eigenvalue weighted by Gasteiger charge is -2.34. The van der Waals surface area contributed by atoms with E-state index >= 15 is 0 Å². The predicted molar refractivity (Wildman–Crippen MR) is 116 cm³/mol. The van der Waals surface area contributed by atoms with Crippen LogP contribution in [0, 0.1) is 28.4 Å². The van der Waals surface area contributed by atoms with Gasteiger partial charge in [-0.2, -0.15) is 5.10 Å². The van der Waals surface area contributed by atoms with Crippen molar-refractivity contribution in [3.8, 4) is 11.3 Å². The van der Waals surface area contributed by atoms with Crippen LogP contribution in [0.1, 0.15) is 52.3 Å². The molecule has 1 amide bonds. The zero-order valence-electron chi connectivity index (χ0n) is 18.9. The molecule has 2 saturated carbocycles. The number of halogens is 2. The molecule has 2 fully saturated rings. The number of amides is 1. The van der Waals surface area contributed by atoms with Gasteiger partial charge < -0.3 is 9.15 Å². The minimum absolute atomic E-state index is 0.0205. The van der Waals surface area contributed by atoms with Crippen LogP contribution in [0.25, 0.3) is 11.3 Å². The van der Waals surface area contributed by atoms with Gasteiger partial charge in [-0.15, -0.1) is 0 Å². The van der Waals surface area contributed by atoms with Crippen LogP contribution in [-0.4, -0.2) is 29.2 Å². The number of oxazole rings is 1. The largest absolute Gasteiger partial charge is 0.455 e. The Bertz CT molecular complexity index is 1110. The minimum Gasteiger partial charge on any atom is -0.455 e. The lowest BCUT2D eigenvalue weighted by Crippen LogP contribution is -2.34. The number of hydrazone groups is 1. The summed E-state index contributed by atoms with van der Waals surface area (Å²) in [6.07, 6.45) is 4.47. The van der Waals surface area contributed by atoms with Gasteiger partial charge in [0.25, 0.3) is 5.91 Å². The molecule has 2 aromatic rings. The molecule has 1 aromatic heterocycles. The third-order valence-corrected chi connectivity index (χ3v) is 7.49. The number of carbonyl (C=O) groups is 2. The van der Waals surface area contributed by atoms with Crippen LogP contribution in [0.5, 0.6) is 0 Å². The Balaban J connectivity index is 1.23. The number of nitrogens with one attached hydrogen (secondary N) is 1. The van der Waals surface area contributed by atoms with Crippen molar-refractivity contribution in [1.82, 2.24) is 10.4 Å². The molecule has 2 aliphatic carbocycles. The number of rotatable bonds is 7. The summed E-state index contributed by atoms with van der Waals surface area (Å²) in [6.45, 7) is 6.27. The number of benzene rings is 1.